The van der Waals surface area contributed by atoms with E-state index in [2.05, 4.69) is 4.98 Å². The van der Waals surface area contributed by atoms with E-state index in [0.717, 1.165) is 11.3 Å². The lowest BCUT2D eigenvalue weighted by Gasteiger charge is -2.40. The lowest BCUT2D eigenvalue weighted by Crippen LogP contribution is -2.54. The molecule has 0 spiro atoms. The van der Waals surface area contributed by atoms with Crippen molar-refractivity contribution in [2.45, 2.75) is 31.1 Å². The molecule has 2 unspecified atom stereocenters. The summed E-state index contributed by atoms with van der Waals surface area (Å²) in [5, 5.41) is 6.34. The number of sulfonamides is 1. The Kier molecular flexibility index (Phi) is 6.95. The predicted molar refractivity (Wildman–Crippen MR) is 128 cm³/mol. The zero-order chi connectivity index (χ0) is 23.7. The number of carbonyl (C=O) groups excluding carboxylic acids is 1. The second kappa shape index (κ2) is 9.19. The fraction of sp³-hybridized carbons (Fsp3) is 0.292. The Balaban J connectivity index is 2.00. The van der Waals surface area contributed by atoms with E-state index >= 15 is 0 Å². The molecular formula is C24H28ClN3O3S. The van der Waals surface area contributed by atoms with E-state index in [1.54, 1.807) is 55.5 Å². The Morgan fingerprint density at radius 3 is 2.25 bits per heavy atom. The van der Waals surface area contributed by atoms with Crippen molar-refractivity contribution in [3.8, 4) is 0 Å². The number of H-pyrrole nitrogens is 1. The van der Waals surface area contributed by atoms with Crippen LogP contribution in [0.5, 0.6) is 0 Å². The van der Waals surface area contributed by atoms with Gasteiger partial charge in [0, 0.05) is 28.7 Å². The summed E-state index contributed by atoms with van der Waals surface area (Å²) in [7, 11) is -0.332. The second-order valence-electron chi connectivity index (χ2n) is 8.39. The summed E-state index contributed by atoms with van der Waals surface area (Å²) in [6, 6.07) is 17.1. The molecule has 170 valence electrons. The van der Waals surface area contributed by atoms with Crippen molar-refractivity contribution in [2.24, 2.45) is 5.14 Å². The number of likely N-dealkylation sites (N-methyl/N-ethyl adjacent to an activating group) is 1. The molecule has 0 aliphatic heterocycles. The molecule has 1 aromatic heterocycles. The first-order valence-corrected chi connectivity index (χ1v) is 12.1. The molecule has 0 aliphatic carbocycles. The van der Waals surface area contributed by atoms with Crippen LogP contribution in [0.25, 0.3) is 0 Å². The minimum Gasteiger partial charge on any atom is -0.355 e. The number of aromatic amines is 1. The number of rotatable bonds is 8. The summed E-state index contributed by atoms with van der Waals surface area (Å²) in [6.07, 6.45) is 0.351. The van der Waals surface area contributed by atoms with Crippen molar-refractivity contribution < 1.29 is 13.2 Å². The maximum absolute atomic E-state index is 13.0. The highest BCUT2D eigenvalue weighted by atomic mass is 35.5. The first-order valence-electron chi connectivity index (χ1n) is 10.2. The molecule has 3 aromatic rings. The quantitative estimate of drug-likeness (QED) is 0.485. The van der Waals surface area contributed by atoms with E-state index < -0.39 is 20.8 Å². The normalized spacial score (nSPS) is 14.8. The molecule has 2 aromatic carbocycles. The second-order valence-corrected chi connectivity index (χ2v) is 10.8. The van der Waals surface area contributed by atoms with Crippen molar-refractivity contribution >= 4 is 27.4 Å². The maximum Gasteiger partial charge on any atom is 0.220 e. The number of carbonyl (C=O) groups is 1. The monoisotopic (exact) mass is 473 g/mol. The van der Waals surface area contributed by atoms with Gasteiger partial charge in [0.2, 0.25) is 15.8 Å². The first kappa shape index (κ1) is 24.2. The zero-order valence-electron chi connectivity index (χ0n) is 18.6. The highest BCUT2D eigenvalue weighted by Gasteiger charge is 2.47. The van der Waals surface area contributed by atoms with Crippen LogP contribution in [0.3, 0.4) is 0 Å². The van der Waals surface area contributed by atoms with Crippen LogP contribution < -0.4 is 5.14 Å². The van der Waals surface area contributed by atoms with Gasteiger partial charge in [0.15, 0.2) is 0 Å². The number of hydrogen-bond acceptors (Lipinski definition) is 4. The van der Waals surface area contributed by atoms with Crippen LogP contribution in [0.15, 0.2) is 60.7 Å². The summed E-state index contributed by atoms with van der Waals surface area (Å²) in [4.78, 5) is 18.1. The first-order chi connectivity index (χ1) is 14.9. The lowest BCUT2D eigenvalue weighted by molar-refractivity contribution is 0.103. The Morgan fingerprint density at radius 2 is 1.72 bits per heavy atom. The predicted octanol–water partition coefficient (Wildman–Crippen LogP) is 3.88. The fourth-order valence-electron chi connectivity index (χ4n) is 4.11. The summed E-state index contributed by atoms with van der Waals surface area (Å²) in [5.74, 6) is -0.149. The van der Waals surface area contributed by atoms with Crippen LogP contribution in [0.4, 0.5) is 0 Å². The van der Waals surface area contributed by atoms with Gasteiger partial charge in [-0.15, -0.1) is 0 Å². The number of ketones is 1. The van der Waals surface area contributed by atoms with Crippen molar-refractivity contribution in [1.82, 2.24) is 9.88 Å². The average Bonchev–Trinajstić information content (AvgIpc) is 3.11. The molecule has 1 heterocycles. The molecule has 0 saturated carbocycles. The van der Waals surface area contributed by atoms with Crippen LogP contribution in [-0.2, 0) is 21.2 Å². The molecule has 3 rings (SSSR count). The van der Waals surface area contributed by atoms with E-state index in [1.165, 1.54) is 0 Å². The van der Waals surface area contributed by atoms with Crippen LogP contribution in [0, 0.1) is 6.92 Å². The minimum absolute atomic E-state index is 0.149. The van der Waals surface area contributed by atoms with Gasteiger partial charge in [-0.3, -0.25) is 4.79 Å². The maximum atomic E-state index is 13.0. The number of nitrogens with two attached hydrogens (primary N) is 1. The SMILES string of the molecule is Cc1cc(CC(N(C)C)C(C)(c2ccccc2)S(N)(=O)=O)[nH]c1C(=O)c1ccc(Cl)cc1. The van der Waals surface area contributed by atoms with Gasteiger partial charge in [0.25, 0.3) is 0 Å². The van der Waals surface area contributed by atoms with Gasteiger partial charge >= 0.3 is 0 Å². The van der Waals surface area contributed by atoms with E-state index in [4.69, 9.17) is 16.7 Å². The molecule has 0 aliphatic rings. The van der Waals surface area contributed by atoms with Crippen molar-refractivity contribution in [3.63, 3.8) is 0 Å². The summed E-state index contributed by atoms with van der Waals surface area (Å²) < 4.78 is 24.4. The van der Waals surface area contributed by atoms with E-state index in [9.17, 15) is 13.2 Å². The number of hydrogen-bond donors (Lipinski definition) is 2. The van der Waals surface area contributed by atoms with Gasteiger partial charge in [-0.05, 0) is 69.4 Å². The van der Waals surface area contributed by atoms with Crippen molar-refractivity contribution in [2.75, 3.05) is 14.1 Å². The van der Waals surface area contributed by atoms with Crippen LogP contribution in [0.1, 0.15) is 39.8 Å². The molecule has 2 atom stereocenters. The molecule has 0 bridgehead atoms. The van der Waals surface area contributed by atoms with Gasteiger partial charge in [0.1, 0.15) is 4.75 Å². The molecule has 3 N–H and O–H groups in total. The number of primary sulfonamides is 1. The van der Waals surface area contributed by atoms with Gasteiger partial charge in [-0.1, -0.05) is 41.9 Å². The third-order valence-corrected chi connectivity index (χ3v) is 7.96. The number of aromatic nitrogens is 1. The molecule has 0 amide bonds. The minimum atomic E-state index is -3.98. The number of nitrogens with zero attached hydrogens (tertiary/aromatic N) is 1. The highest BCUT2D eigenvalue weighted by molar-refractivity contribution is 7.90. The number of halogens is 1. The Bertz CT molecular complexity index is 1210. The van der Waals surface area contributed by atoms with E-state index in [-0.39, 0.29) is 5.78 Å². The Hall–Kier alpha value is -2.45. The van der Waals surface area contributed by atoms with E-state index in [0.29, 0.717) is 28.3 Å². The topological polar surface area (TPSA) is 96.3 Å². The molecule has 32 heavy (non-hydrogen) atoms. The molecule has 0 saturated heterocycles. The van der Waals surface area contributed by atoms with Gasteiger partial charge < -0.3 is 9.88 Å². The standard InChI is InChI=1S/C24H28ClN3O3S/c1-16-14-20(27-22(16)23(29)17-10-12-19(25)13-11-17)15-21(28(3)4)24(2,32(26,30)31)18-8-6-5-7-9-18/h5-14,21,27H,15H2,1-4H3,(H2,26,30,31). The third kappa shape index (κ3) is 4.66. The molecule has 0 radical (unpaired) electrons. The average molecular weight is 474 g/mol. The molecular weight excluding hydrogens is 446 g/mol. The summed E-state index contributed by atoms with van der Waals surface area (Å²) in [5.41, 5.74) is 3.14. The molecule has 0 fully saturated rings. The smallest absolute Gasteiger partial charge is 0.220 e. The fourth-order valence-corrected chi connectivity index (χ4v) is 5.38. The van der Waals surface area contributed by atoms with Crippen LogP contribution in [0.2, 0.25) is 5.02 Å². The molecule has 8 heteroatoms. The van der Waals surface area contributed by atoms with Crippen LogP contribution in [-0.4, -0.2) is 44.2 Å². The summed E-state index contributed by atoms with van der Waals surface area (Å²) >= 11 is 5.93. The van der Waals surface area contributed by atoms with E-state index in [1.807, 2.05) is 38.1 Å². The number of nitrogens with one attached hydrogen (secondary N) is 1. The Morgan fingerprint density at radius 1 is 1.12 bits per heavy atom. The third-order valence-electron chi connectivity index (χ3n) is 6.01. The largest absolute Gasteiger partial charge is 0.355 e. The van der Waals surface area contributed by atoms with Gasteiger partial charge in [-0.2, -0.15) is 0 Å². The van der Waals surface area contributed by atoms with Gasteiger partial charge in [-0.25, -0.2) is 13.6 Å². The Labute approximate surface area is 194 Å². The summed E-state index contributed by atoms with van der Waals surface area (Å²) in [6.45, 7) is 3.50. The zero-order valence-corrected chi connectivity index (χ0v) is 20.2. The van der Waals surface area contributed by atoms with Gasteiger partial charge in [0.05, 0.1) is 5.69 Å². The number of aryl methyl sites for hydroxylation is 1. The van der Waals surface area contributed by atoms with Crippen LogP contribution >= 0.6 is 11.6 Å². The van der Waals surface area contributed by atoms with Crippen molar-refractivity contribution in [1.29, 1.82) is 0 Å². The highest BCUT2D eigenvalue weighted by Crippen LogP contribution is 2.36. The number of benzene rings is 2. The van der Waals surface area contributed by atoms with Crippen molar-refractivity contribution in [3.05, 3.63) is 93.8 Å². The molecule has 6 nitrogen and oxygen atoms in total. The lowest BCUT2D eigenvalue weighted by atomic mass is 9.88.